The van der Waals surface area contributed by atoms with Crippen molar-refractivity contribution in [3.05, 3.63) is 66.0 Å². The van der Waals surface area contributed by atoms with Gasteiger partial charge < -0.3 is 21.3 Å². The van der Waals surface area contributed by atoms with Crippen LogP contribution in [0.4, 0.5) is 4.39 Å². The number of nitrogens with two attached hydrogens (primary N) is 2. The highest BCUT2D eigenvalue weighted by molar-refractivity contribution is 5.92. The summed E-state index contributed by atoms with van der Waals surface area (Å²) in [5, 5.41) is 8.80. The van der Waals surface area contributed by atoms with E-state index >= 15 is 0 Å². The summed E-state index contributed by atoms with van der Waals surface area (Å²) >= 11 is 0. The molecule has 2 heterocycles. The van der Waals surface area contributed by atoms with Gasteiger partial charge in [0.25, 0.3) is 5.88 Å². The van der Waals surface area contributed by atoms with Crippen LogP contribution in [0.15, 0.2) is 48.9 Å². The Kier molecular flexibility index (Phi) is 6.28. The fourth-order valence-corrected chi connectivity index (χ4v) is 2.65. The molecule has 1 aromatic carbocycles. The van der Waals surface area contributed by atoms with Crippen molar-refractivity contribution in [1.82, 2.24) is 15.0 Å². The van der Waals surface area contributed by atoms with Crippen LogP contribution in [-0.4, -0.2) is 38.0 Å². The summed E-state index contributed by atoms with van der Waals surface area (Å²) in [5.74, 6) is -2.54. The molecule has 1 atom stereocenters. The quantitative estimate of drug-likeness (QED) is 0.508. The highest BCUT2D eigenvalue weighted by Gasteiger charge is 2.13. The van der Waals surface area contributed by atoms with Gasteiger partial charge in [-0.05, 0) is 30.3 Å². The van der Waals surface area contributed by atoms with Crippen molar-refractivity contribution >= 4 is 11.9 Å². The summed E-state index contributed by atoms with van der Waals surface area (Å²) in [6, 6.07) is 7.00. The summed E-state index contributed by atoms with van der Waals surface area (Å²) in [7, 11) is 0. The van der Waals surface area contributed by atoms with Gasteiger partial charge in [0, 0.05) is 30.4 Å². The van der Waals surface area contributed by atoms with E-state index in [2.05, 4.69) is 15.0 Å². The summed E-state index contributed by atoms with van der Waals surface area (Å²) in [6.07, 6.45) is 4.34. The number of carboxylic acid groups (broad SMARTS) is 1. The van der Waals surface area contributed by atoms with Gasteiger partial charge in [-0.15, -0.1) is 0 Å². The van der Waals surface area contributed by atoms with Crippen LogP contribution >= 0.6 is 0 Å². The maximum atomic E-state index is 14.0. The Morgan fingerprint density at radius 1 is 1.17 bits per heavy atom. The number of nitrogens with zero attached hydrogens (tertiary/aromatic N) is 3. The largest absolute Gasteiger partial charge is 0.481 e. The van der Waals surface area contributed by atoms with Gasteiger partial charge in [-0.1, -0.05) is 0 Å². The van der Waals surface area contributed by atoms with Crippen molar-refractivity contribution in [3.8, 4) is 22.9 Å². The number of ether oxygens (including phenoxy) is 1. The fraction of sp³-hybridized carbons (Fsp3) is 0.150. The van der Waals surface area contributed by atoms with Gasteiger partial charge in [-0.3, -0.25) is 14.6 Å². The number of carboxylic acids is 1. The zero-order valence-electron chi connectivity index (χ0n) is 15.7. The number of carbonyl (C=O) groups excluding carboxylic acids is 1. The highest BCUT2D eigenvalue weighted by atomic mass is 19.1. The monoisotopic (exact) mass is 411 g/mol. The average Bonchev–Trinajstić information content (AvgIpc) is 2.69. The normalized spacial score (nSPS) is 11.7. The molecule has 0 saturated carbocycles. The first-order valence-corrected chi connectivity index (χ1v) is 8.83. The third-order valence-corrected chi connectivity index (χ3v) is 4.05. The third-order valence-electron chi connectivity index (χ3n) is 4.05. The minimum absolute atomic E-state index is 0.0586. The number of hydrogen-bond donors (Lipinski definition) is 3. The molecule has 2 aromatic heterocycles. The Morgan fingerprint density at radius 3 is 2.53 bits per heavy atom. The van der Waals surface area contributed by atoms with Crippen LogP contribution in [0, 0.1) is 5.82 Å². The van der Waals surface area contributed by atoms with E-state index in [1.54, 1.807) is 30.5 Å². The number of pyridine rings is 1. The van der Waals surface area contributed by atoms with E-state index in [1.165, 1.54) is 6.20 Å². The summed E-state index contributed by atoms with van der Waals surface area (Å²) in [5.41, 5.74) is 12.7. The number of carbonyl (C=O) groups is 2. The summed E-state index contributed by atoms with van der Waals surface area (Å²) in [6.45, 7) is 0. The van der Waals surface area contributed by atoms with Crippen LogP contribution in [0.1, 0.15) is 22.5 Å². The number of halogens is 1. The topological polar surface area (TPSA) is 154 Å². The number of primary amides is 1. The molecule has 0 bridgehead atoms. The molecule has 3 aromatic rings. The Balaban J connectivity index is 1.72. The predicted octanol–water partition coefficient (Wildman–Crippen LogP) is 1.91. The van der Waals surface area contributed by atoms with Crippen molar-refractivity contribution in [2.45, 2.75) is 18.9 Å². The molecule has 0 aliphatic rings. The Bertz CT molecular complexity index is 1080. The van der Waals surface area contributed by atoms with Gasteiger partial charge in [0.1, 0.15) is 5.75 Å². The minimum Gasteiger partial charge on any atom is -0.481 e. The first-order valence-electron chi connectivity index (χ1n) is 8.83. The lowest BCUT2D eigenvalue weighted by atomic mass is 10.1. The molecule has 0 radical (unpaired) electrons. The smallest absolute Gasteiger partial charge is 0.304 e. The van der Waals surface area contributed by atoms with Crippen LogP contribution < -0.4 is 16.2 Å². The SMILES string of the molecule is NC(=O)c1cnc(Oc2ccc(-c3cncc(CC(N)CC(=O)O)n3)cc2)c(F)c1. The lowest BCUT2D eigenvalue weighted by molar-refractivity contribution is -0.137. The van der Waals surface area contributed by atoms with Gasteiger partial charge >= 0.3 is 5.97 Å². The van der Waals surface area contributed by atoms with E-state index in [9.17, 15) is 14.0 Å². The molecule has 0 saturated heterocycles. The molecular formula is C20H18FN5O4. The van der Waals surface area contributed by atoms with Gasteiger partial charge in [-0.2, -0.15) is 0 Å². The molecule has 1 unspecified atom stereocenters. The zero-order valence-corrected chi connectivity index (χ0v) is 15.7. The van der Waals surface area contributed by atoms with Crippen molar-refractivity contribution in [1.29, 1.82) is 0 Å². The molecule has 9 nitrogen and oxygen atoms in total. The van der Waals surface area contributed by atoms with Crippen LogP contribution in [0.25, 0.3) is 11.3 Å². The molecule has 0 aliphatic heterocycles. The molecule has 0 aliphatic carbocycles. The minimum atomic E-state index is -0.975. The second kappa shape index (κ2) is 9.05. The van der Waals surface area contributed by atoms with E-state index in [-0.39, 0.29) is 24.3 Å². The number of rotatable bonds is 8. The lowest BCUT2D eigenvalue weighted by Crippen LogP contribution is -2.26. The van der Waals surface area contributed by atoms with Gasteiger partial charge in [-0.25, -0.2) is 14.4 Å². The fourth-order valence-electron chi connectivity index (χ4n) is 2.65. The van der Waals surface area contributed by atoms with Crippen molar-refractivity contribution < 1.29 is 23.8 Å². The Hall–Kier alpha value is -3.92. The van der Waals surface area contributed by atoms with Crippen molar-refractivity contribution in [2.24, 2.45) is 11.5 Å². The van der Waals surface area contributed by atoms with Gasteiger partial charge in [0.15, 0.2) is 5.82 Å². The maximum absolute atomic E-state index is 14.0. The van der Waals surface area contributed by atoms with Gasteiger partial charge in [0.2, 0.25) is 5.91 Å². The zero-order chi connectivity index (χ0) is 21.7. The predicted molar refractivity (Wildman–Crippen MR) is 104 cm³/mol. The summed E-state index contributed by atoms with van der Waals surface area (Å²) in [4.78, 5) is 34.1. The number of benzene rings is 1. The Labute approximate surface area is 170 Å². The second-order valence-electron chi connectivity index (χ2n) is 6.46. The van der Waals surface area contributed by atoms with Gasteiger partial charge in [0.05, 0.1) is 29.6 Å². The van der Waals surface area contributed by atoms with Crippen LogP contribution in [0.2, 0.25) is 0 Å². The highest BCUT2D eigenvalue weighted by Crippen LogP contribution is 2.25. The van der Waals surface area contributed by atoms with Crippen molar-refractivity contribution in [3.63, 3.8) is 0 Å². The number of hydrogen-bond acceptors (Lipinski definition) is 7. The van der Waals surface area contributed by atoms with Crippen LogP contribution in [-0.2, 0) is 11.2 Å². The van der Waals surface area contributed by atoms with E-state index in [1.807, 2.05) is 0 Å². The number of aliphatic carboxylic acids is 1. The average molecular weight is 411 g/mol. The molecular weight excluding hydrogens is 393 g/mol. The van der Waals surface area contributed by atoms with Crippen LogP contribution in [0.3, 0.4) is 0 Å². The lowest BCUT2D eigenvalue weighted by Gasteiger charge is -2.10. The maximum Gasteiger partial charge on any atom is 0.304 e. The molecule has 1 amide bonds. The van der Waals surface area contributed by atoms with E-state index in [4.69, 9.17) is 21.3 Å². The van der Waals surface area contributed by atoms with Crippen LogP contribution in [0.5, 0.6) is 11.6 Å². The standard InChI is InChI=1S/C20H18FN5O4/c21-16-5-12(19(23)29)8-25-20(16)30-15-3-1-11(2-4-15)17-10-24-9-14(26-17)6-13(22)7-18(27)28/h1-5,8-10,13H,6-7,22H2,(H2,23,29)(H,27,28). The number of amides is 1. The molecule has 0 fully saturated rings. The second-order valence-corrected chi connectivity index (χ2v) is 6.46. The number of aromatic nitrogens is 3. The molecule has 3 rings (SSSR count). The first kappa shape index (κ1) is 20.8. The first-order chi connectivity index (χ1) is 14.3. The van der Waals surface area contributed by atoms with E-state index in [0.29, 0.717) is 17.1 Å². The van der Waals surface area contributed by atoms with E-state index < -0.39 is 23.7 Å². The molecule has 10 heteroatoms. The summed E-state index contributed by atoms with van der Waals surface area (Å²) < 4.78 is 19.4. The molecule has 0 spiro atoms. The van der Waals surface area contributed by atoms with Crippen molar-refractivity contribution in [2.75, 3.05) is 0 Å². The van der Waals surface area contributed by atoms with E-state index in [0.717, 1.165) is 17.8 Å². The molecule has 154 valence electrons. The third kappa shape index (κ3) is 5.32. The molecule has 5 N–H and O–H groups in total. The Morgan fingerprint density at radius 2 is 1.90 bits per heavy atom. The molecule has 30 heavy (non-hydrogen) atoms.